The number of aromatic nitrogens is 4. The third kappa shape index (κ3) is 1.24. The van der Waals surface area contributed by atoms with Gasteiger partial charge in [0.25, 0.3) is 5.78 Å². The Bertz CT molecular complexity index is 492. The highest BCUT2D eigenvalue weighted by Gasteiger charge is 2.09. The van der Waals surface area contributed by atoms with Crippen LogP contribution in [0.5, 0.6) is 0 Å². The third-order valence-electron chi connectivity index (χ3n) is 1.62. The molecule has 0 aliphatic rings. The van der Waals surface area contributed by atoms with Crippen LogP contribution in [-0.2, 0) is 4.74 Å². The number of nitrogen functional groups attached to an aromatic ring is 1. The molecule has 0 unspecified atom stereocenters. The number of fused-ring (bicyclic) bond motifs is 1. The van der Waals surface area contributed by atoms with E-state index in [2.05, 4.69) is 19.8 Å². The summed E-state index contributed by atoms with van der Waals surface area (Å²) >= 11 is 0. The predicted octanol–water partition coefficient (Wildman–Crippen LogP) is -0.507. The van der Waals surface area contributed by atoms with Crippen molar-refractivity contribution in [1.82, 2.24) is 19.6 Å². The molecule has 2 rings (SSSR count). The maximum atomic E-state index is 11.1. The Morgan fingerprint density at radius 2 is 2.36 bits per heavy atom. The zero-order chi connectivity index (χ0) is 10.1. The van der Waals surface area contributed by atoms with Crippen molar-refractivity contribution >= 4 is 17.7 Å². The second-order valence-corrected chi connectivity index (χ2v) is 2.52. The quantitative estimate of drug-likeness (QED) is 0.613. The van der Waals surface area contributed by atoms with Crippen molar-refractivity contribution in [3.05, 3.63) is 18.0 Å². The number of esters is 1. The molecule has 0 fully saturated rings. The third-order valence-corrected chi connectivity index (χ3v) is 1.62. The standard InChI is InChI=1S/C7H7N5O2/c1-14-5(13)4-2-3-12-7(9-4)10-6(8)11-12/h2-3H,1H3,(H2,8,11). The van der Waals surface area contributed by atoms with Crippen molar-refractivity contribution in [1.29, 1.82) is 0 Å². The van der Waals surface area contributed by atoms with Crippen molar-refractivity contribution in [3.8, 4) is 0 Å². The second-order valence-electron chi connectivity index (χ2n) is 2.52. The zero-order valence-corrected chi connectivity index (χ0v) is 7.34. The van der Waals surface area contributed by atoms with E-state index in [4.69, 9.17) is 5.73 Å². The number of rotatable bonds is 1. The Hall–Kier alpha value is -2.18. The fraction of sp³-hybridized carbons (Fsp3) is 0.143. The van der Waals surface area contributed by atoms with Gasteiger partial charge in [-0.15, -0.1) is 5.10 Å². The summed E-state index contributed by atoms with van der Waals surface area (Å²) < 4.78 is 5.88. The molecule has 0 bridgehead atoms. The van der Waals surface area contributed by atoms with E-state index in [1.165, 1.54) is 23.9 Å². The molecule has 2 aromatic heterocycles. The smallest absolute Gasteiger partial charge is 0.356 e. The average molecular weight is 193 g/mol. The second kappa shape index (κ2) is 2.95. The largest absolute Gasteiger partial charge is 0.464 e. The van der Waals surface area contributed by atoms with Gasteiger partial charge in [-0.25, -0.2) is 14.3 Å². The summed E-state index contributed by atoms with van der Waals surface area (Å²) in [6.07, 6.45) is 1.54. The summed E-state index contributed by atoms with van der Waals surface area (Å²) in [5.41, 5.74) is 5.52. The lowest BCUT2D eigenvalue weighted by Gasteiger charge is -1.96. The molecule has 0 amide bonds. The Kier molecular flexibility index (Phi) is 1.77. The summed E-state index contributed by atoms with van der Waals surface area (Å²) in [6.45, 7) is 0. The molecule has 14 heavy (non-hydrogen) atoms. The number of methoxy groups -OCH3 is 1. The van der Waals surface area contributed by atoms with Gasteiger partial charge in [0.2, 0.25) is 5.95 Å². The van der Waals surface area contributed by atoms with E-state index >= 15 is 0 Å². The molecule has 72 valence electrons. The van der Waals surface area contributed by atoms with Gasteiger partial charge in [-0.2, -0.15) is 4.98 Å². The highest BCUT2D eigenvalue weighted by Crippen LogP contribution is 2.02. The minimum atomic E-state index is -0.519. The van der Waals surface area contributed by atoms with Crippen molar-refractivity contribution in [3.63, 3.8) is 0 Å². The molecule has 7 heteroatoms. The van der Waals surface area contributed by atoms with Gasteiger partial charge in [0.05, 0.1) is 7.11 Å². The van der Waals surface area contributed by atoms with Crippen LogP contribution in [0.15, 0.2) is 12.3 Å². The Labute approximate surface area is 78.5 Å². The van der Waals surface area contributed by atoms with E-state index in [0.717, 1.165) is 0 Å². The van der Waals surface area contributed by atoms with Crippen LogP contribution in [-0.4, -0.2) is 32.7 Å². The molecule has 0 aliphatic carbocycles. The normalized spacial score (nSPS) is 10.4. The molecule has 2 heterocycles. The van der Waals surface area contributed by atoms with Crippen molar-refractivity contribution in [2.45, 2.75) is 0 Å². The lowest BCUT2D eigenvalue weighted by molar-refractivity contribution is 0.0594. The van der Waals surface area contributed by atoms with Crippen molar-refractivity contribution in [2.75, 3.05) is 12.8 Å². The van der Waals surface area contributed by atoms with Crippen LogP contribution < -0.4 is 5.73 Å². The number of carbonyl (C=O) groups excluding carboxylic acids is 1. The average Bonchev–Trinajstić information content (AvgIpc) is 2.55. The van der Waals surface area contributed by atoms with E-state index in [1.54, 1.807) is 0 Å². The SMILES string of the molecule is COC(=O)c1ccn2nc(N)nc2n1. The number of hydrogen-bond donors (Lipinski definition) is 1. The molecule has 7 nitrogen and oxygen atoms in total. The maximum absolute atomic E-state index is 11.1. The summed E-state index contributed by atoms with van der Waals surface area (Å²) in [5, 5.41) is 3.81. The van der Waals surface area contributed by atoms with E-state index in [1.807, 2.05) is 0 Å². The Morgan fingerprint density at radius 3 is 3.07 bits per heavy atom. The van der Waals surface area contributed by atoms with Crippen molar-refractivity contribution < 1.29 is 9.53 Å². The fourth-order valence-electron chi connectivity index (χ4n) is 1.01. The van der Waals surface area contributed by atoms with Crippen LogP contribution in [0, 0.1) is 0 Å². The van der Waals surface area contributed by atoms with E-state index < -0.39 is 5.97 Å². The predicted molar refractivity (Wildman–Crippen MR) is 46.5 cm³/mol. The molecular weight excluding hydrogens is 186 g/mol. The number of ether oxygens (including phenoxy) is 1. The summed E-state index contributed by atoms with van der Waals surface area (Å²) in [7, 11) is 1.28. The number of carbonyl (C=O) groups is 1. The molecule has 0 saturated heterocycles. The fourth-order valence-corrected chi connectivity index (χ4v) is 1.01. The first-order valence-electron chi connectivity index (χ1n) is 3.78. The number of nitrogens with two attached hydrogens (primary N) is 1. The lowest BCUT2D eigenvalue weighted by atomic mass is 10.4. The van der Waals surface area contributed by atoms with Crippen LogP contribution in [0.4, 0.5) is 5.95 Å². The number of hydrogen-bond acceptors (Lipinski definition) is 6. The first-order valence-corrected chi connectivity index (χ1v) is 3.78. The summed E-state index contributed by atoms with van der Waals surface area (Å²) in [4.78, 5) is 18.8. The number of anilines is 1. The van der Waals surface area contributed by atoms with E-state index in [9.17, 15) is 4.79 Å². The Balaban J connectivity index is 2.55. The summed E-state index contributed by atoms with van der Waals surface area (Å²) in [5.74, 6) is -0.140. The molecule has 0 radical (unpaired) electrons. The highest BCUT2D eigenvalue weighted by molar-refractivity contribution is 5.87. The van der Waals surface area contributed by atoms with Gasteiger partial charge in [-0.05, 0) is 6.07 Å². The van der Waals surface area contributed by atoms with Crippen LogP contribution in [0.1, 0.15) is 10.5 Å². The Morgan fingerprint density at radius 1 is 1.57 bits per heavy atom. The van der Waals surface area contributed by atoms with E-state index in [0.29, 0.717) is 0 Å². The minimum Gasteiger partial charge on any atom is -0.464 e. The molecule has 2 N–H and O–H groups in total. The monoisotopic (exact) mass is 193 g/mol. The van der Waals surface area contributed by atoms with Gasteiger partial charge < -0.3 is 10.5 Å². The van der Waals surface area contributed by atoms with Gasteiger partial charge >= 0.3 is 5.97 Å². The van der Waals surface area contributed by atoms with Crippen LogP contribution in [0.25, 0.3) is 5.78 Å². The first kappa shape index (κ1) is 8.42. The van der Waals surface area contributed by atoms with Gasteiger partial charge in [-0.1, -0.05) is 0 Å². The zero-order valence-electron chi connectivity index (χ0n) is 7.34. The molecule has 0 saturated carbocycles. The van der Waals surface area contributed by atoms with Gasteiger partial charge in [0.1, 0.15) is 0 Å². The van der Waals surface area contributed by atoms with E-state index in [-0.39, 0.29) is 17.4 Å². The molecule has 0 aromatic carbocycles. The topological polar surface area (TPSA) is 95.4 Å². The number of nitrogens with zero attached hydrogens (tertiary/aromatic N) is 4. The van der Waals surface area contributed by atoms with Crippen LogP contribution in [0.2, 0.25) is 0 Å². The van der Waals surface area contributed by atoms with Gasteiger partial charge in [0, 0.05) is 6.20 Å². The molecule has 0 aliphatic heterocycles. The minimum absolute atomic E-state index is 0.111. The van der Waals surface area contributed by atoms with Crippen LogP contribution >= 0.6 is 0 Å². The van der Waals surface area contributed by atoms with Crippen LogP contribution in [0.3, 0.4) is 0 Å². The summed E-state index contributed by atoms with van der Waals surface area (Å²) in [6, 6.07) is 1.48. The molecule has 0 atom stereocenters. The van der Waals surface area contributed by atoms with Crippen molar-refractivity contribution in [2.24, 2.45) is 0 Å². The van der Waals surface area contributed by atoms with Gasteiger partial charge in [-0.3, -0.25) is 0 Å². The first-order chi connectivity index (χ1) is 6.70. The lowest BCUT2D eigenvalue weighted by Crippen LogP contribution is -2.05. The molecule has 0 spiro atoms. The molecular formula is C7H7N5O2. The highest BCUT2D eigenvalue weighted by atomic mass is 16.5. The molecule has 2 aromatic rings. The van der Waals surface area contributed by atoms with Gasteiger partial charge in [0.15, 0.2) is 5.69 Å². The maximum Gasteiger partial charge on any atom is 0.356 e.